The van der Waals surface area contributed by atoms with Gasteiger partial charge in [0.25, 0.3) is 5.69 Å². The third-order valence-electron chi connectivity index (χ3n) is 3.71. The zero-order valence-corrected chi connectivity index (χ0v) is 15.6. The molecule has 0 aliphatic carbocycles. The lowest BCUT2D eigenvalue weighted by atomic mass is 9.80. The average Bonchev–Trinajstić information content (AvgIpc) is 2.59. The minimum atomic E-state index is -1.73. The number of carbonyl (C=O) groups excluding carboxylic acids is 3. The van der Waals surface area contributed by atoms with E-state index in [-0.39, 0.29) is 5.56 Å². The monoisotopic (exact) mass is 396 g/mol. The molecule has 0 heterocycles. The maximum absolute atomic E-state index is 12.5. The first kappa shape index (κ1) is 22.5. The van der Waals surface area contributed by atoms with Crippen molar-refractivity contribution in [2.75, 3.05) is 7.11 Å². The van der Waals surface area contributed by atoms with Gasteiger partial charge >= 0.3 is 17.7 Å². The van der Waals surface area contributed by atoms with Crippen molar-refractivity contribution in [1.82, 2.24) is 0 Å². The molecule has 0 radical (unpaired) electrons. The van der Waals surface area contributed by atoms with Gasteiger partial charge in [-0.1, -0.05) is 12.1 Å². The molecular formula is C17H20N2O9. The van der Waals surface area contributed by atoms with Gasteiger partial charge in [0.05, 0.1) is 18.1 Å². The van der Waals surface area contributed by atoms with Crippen molar-refractivity contribution < 1.29 is 38.9 Å². The topological polar surface area (TPSA) is 159 Å². The number of methoxy groups -OCH3 is 1. The molecule has 1 N–H and O–H groups in total. The van der Waals surface area contributed by atoms with Gasteiger partial charge in [-0.25, -0.2) is 4.79 Å². The van der Waals surface area contributed by atoms with Crippen LogP contribution in [0.2, 0.25) is 0 Å². The average molecular weight is 396 g/mol. The van der Waals surface area contributed by atoms with Crippen molar-refractivity contribution in [2.45, 2.75) is 32.8 Å². The molecule has 1 aromatic carbocycles. The minimum Gasteiger partial charge on any atom is -0.462 e. The molecule has 11 nitrogen and oxygen atoms in total. The second kappa shape index (κ2) is 9.44. The number of nitrogens with zero attached hydrogens (tertiary/aromatic N) is 2. The van der Waals surface area contributed by atoms with E-state index in [2.05, 4.69) is 4.74 Å². The molecule has 0 bridgehead atoms. The van der Waals surface area contributed by atoms with Crippen molar-refractivity contribution in [3.05, 3.63) is 45.2 Å². The van der Waals surface area contributed by atoms with Crippen LogP contribution in [0.3, 0.4) is 0 Å². The summed E-state index contributed by atoms with van der Waals surface area (Å²) in [6.07, 6.45) is -0.626. The van der Waals surface area contributed by atoms with Crippen molar-refractivity contribution in [2.24, 2.45) is 5.92 Å². The molecule has 11 heteroatoms. The molecule has 0 fully saturated rings. The Kier molecular flexibility index (Phi) is 7.60. The molecule has 0 aromatic heterocycles. The fourth-order valence-corrected chi connectivity index (χ4v) is 2.61. The van der Waals surface area contributed by atoms with Crippen LogP contribution in [0, 0.1) is 21.2 Å². The Hall–Kier alpha value is -3.50. The van der Waals surface area contributed by atoms with Crippen LogP contribution in [0.25, 0.3) is 0 Å². The molecule has 2 unspecified atom stereocenters. The third-order valence-corrected chi connectivity index (χ3v) is 3.71. The highest BCUT2D eigenvalue weighted by molar-refractivity contribution is 6.37. The van der Waals surface area contributed by atoms with E-state index in [4.69, 9.17) is 4.74 Å². The van der Waals surface area contributed by atoms with Gasteiger partial charge in [-0.3, -0.25) is 24.9 Å². The number of esters is 2. The van der Waals surface area contributed by atoms with Crippen LogP contribution >= 0.6 is 0 Å². The summed E-state index contributed by atoms with van der Waals surface area (Å²) in [5.74, 6) is -6.59. The Bertz CT molecular complexity index is 813. The van der Waals surface area contributed by atoms with E-state index in [1.54, 1.807) is 0 Å². The lowest BCUT2D eigenvalue weighted by molar-refractivity contribution is -0.726. The standard InChI is InChI=1S/C17H20N2O9/c1-9(2)28-16(21)13(10(3)20)14(15(19(25)26)17(22)27-4)11-6-5-7-12(8-11)18(23)24/h5-9,13-14H,1-4H3,(H,25,26). The highest BCUT2D eigenvalue weighted by Crippen LogP contribution is 2.31. The number of hydrogen-bond donors (Lipinski definition) is 1. The van der Waals surface area contributed by atoms with E-state index in [1.165, 1.54) is 26.0 Å². The van der Waals surface area contributed by atoms with Gasteiger partial charge in [-0.05, 0) is 26.3 Å². The van der Waals surface area contributed by atoms with E-state index < -0.39 is 56.9 Å². The molecule has 0 spiro atoms. The molecule has 152 valence electrons. The third kappa shape index (κ3) is 5.25. The Balaban J connectivity index is 3.76. The molecule has 0 saturated carbocycles. The second-order valence-electron chi connectivity index (χ2n) is 6.05. The van der Waals surface area contributed by atoms with Crippen LogP contribution < -0.4 is 0 Å². The summed E-state index contributed by atoms with van der Waals surface area (Å²) in [7, 11) is 0.922. The van der Waals surface area contributed by atoms with Crippen LogP contribution in [0.5, 0.6) is 0 Å². The molecule has 2 atom stereocenters. The number of rotatable bonds is 8. The summed E-state index contributed by atoms with van der Waals surface area (Å²) in [6.45, 7) is 4.07. The number of non-ortho nitro benzene ring substituents is 1. The summed E-state index contributed by atoms with van der Waals surface area (Å²) in [5, 5.41) is 32.2. The maximum Gasteiger partial charge on any atom is 0.405 e. The van der Waals surface area contributed by atoms with Crippen LogP contribution in [0.4, 0.5) is 5.69 Å². The first-order valence-electron chi connectivity index (χ1n) is 8.07. The summed E-state index contributed by atoms with van der Waals surface area (Å²) < 4.78 is 9.51. The van der Waals surface area contributed by atoms with Crippen molar-refractivity contribution in [3.8, 4) is 0 Å². The Morgan fingerprint density at radius 1 is 1.18 bits per heavy atom. The van der Waals surface area contributed by atoms with Gasteiger partial charge in [0.2, 0.25) is 0 Å². The highest BCUT2D eigenvalue weighted by Gasteiger charge is 2.47. The predicted octanol–water partition coefficient (Wildman–Crippen LogP) is 1.35. The zero-order valence-electron chi connectivity index (χ0n) is 15.6. The Morgan fingerprint density at radius 2 is 1.79 bits per heavy atom. The van der Waals surface area contributed by atoms with Crippen LogP contribution in [-0.4, -0.2) is 51.7 Å². The first-order chi connectivity index (χ1) is 13.0. The number of nitro benzene ring substituents is 1. The lowest BCUT2D eigenvalue weighted by Crippen LogP contribution is -2.41. The molecular weight excluding hydrogens is 376 g/mol. The first-order valence-corrected chi connectivity index (χ1v) is 8.07. The van der Waals surface area contributed by atoms with E-state index in [0.717, 1.165) is 26.2 Å². The second-order valence-corrected chi connectivity index (χ2v) is 6.05. The van der Waals surface area contributed by atoms with E-state index in [0.29, 0.717) is 0 Å². The van der Waals surface area contributed by atoms with Crippen molar-refractivity contribution in [1.29, 1.82) is 0 Å². The minimum absolute atomic E-state index is 0.106. The Morgan fingerprint density at radius 3 is 2.21 bits per heavy atom. The van der Waals surface area contributed by atoms with Gasteiger partial charge in [-0.2, -0.15) is 0 Å². The number of nitro groups is 1. The number of hydrogen-bond acceptors (Lipinski definition) is 9. The summed E-state index contributed by atoms with van der Waals surface area (Å²) in [4.78, 5) is 46.4. The molecule has 0 amide bonds. The smallest absolute Gasteiger partial charge is 0.405 e. The molecule has 1 aromatic rings. The van der Waals surface area contributed by atoms with E-state index >= 15 is 0 Å². The normalized spacial score (nSPS) is 13.9. The number of ether oxygens (including phenoxy) is 2. The SMILES string of the molecule is COC(=O)C(C(c1cccc([N+](=O)[O-])c1)C(C(C)=O)C(=O)OC(C)C)=[N+]([O-])O. The fourth-order valence-electron chi connectivity index (χ4n) is 2.61. The van der Waals surface area contributed by atoms with Gasteiger partial charge in [0, 0.05) is 17.0 Å². The molecule has 28 heavy (non-hydrogen) atoms. The largest absolute Gasteiger partial charge is 0.462 e. The van der Waals surface area contributed by atoms with Gasteiger partial charge in [0.15, 0.2) is 0 Å². The molecule has 0 saturated heterocycles. The summed E-state index contributed by atoms with van der Waals surface area (Å²) in [6, 6.07) is 4.63. The number of carbonyl (C=O) groups is 3. The van der Waals surface area contributed by atoms with Gasteiger partial charge < -0.3 is 14.7 Å². The number of Topliss-reactive ketones (excluding diaryl/α,β-unsaturated/α-hetero) is 1. The molecule has 0 aliphatic heterocycles. The summed E-state index contributed by atoms with van der Waals surface area (Å²) >= 11 is 0. The number of benzene rings is 1. The van der Waals surface area contributed by atoms with Crippen LogP contribution in [0.1, 0.15) is 32.3 Å². The van der Waals surface area contributed by atoms with Crippen LogP contribution in [0.15, 0.2) is 24.3 Å². The quantitative estimate of drug-likeness (QED) is 0.130. The predicted molar refractivity (Wildman–Crippen MR) is 93.7 cm³/mol. The van der Waals surface area contributed by atoms with E-state index in [9.17, 15) is 34.9 Å². The van der Waals surface area contributed by atoms with E-state index in [1.807, 2.05) is 0 Å². The Labute approximate surface area is 159 Å². The molecule has 0 aliphatic rings. The zero-order chi connectivity index (χ0) is 21.6. The van der Waals surface area contributed by atoms with Crippen molar-refractivity contribution >= 4 is 29.1 Å². The number of ketones is 1. The molecule has 1 rings (SSSR count). The summed E-state index contributed by atoms with van der Waals surface area (Å²) in [5.41, 5.74) is -1.52. The van der Waals surface area contributed by atoms with Crippen molar-refractivity contribution in [3.63, 3.8) is 0 Å². The van der Waals surface area contributed by atoms with Gasteiger partial charge in [0.1, 0.15) is 17.6 Å². The van der Waals surface area contributed by atoms with Gasteiger partial charge in [-0.15, -0.1) is 0 Å². The lowest BCUT2D eigenvalue weighted by Gasteiger charge is -2.23. The maximum atomic E-state index is 12.5. The highest BCUT2D eigenvalue weighted by atomic mass is 16.8. The fraction of sp³-hybridized carbons (Fsp3) is 0.412. The van der Waals surface area contributed by atoms with Crippen LogP contribution in [-0.2, 0) is 23.9 Å².